The van der Waals surface area contributed by atoms with E-state index in [0.29, 0.717) is 32.6 Å². The van der Waals surface area contributed by atoms with Gasteiger partial charge in [-0.05, 0) is 12.5 Å². The Hall–Kier alpha value is -1.14. The number of nitrogens with two attached hydrogens (primary N) is 1. The summed E-state index contributed by atoms with van der Waals surface area (Å²) >= 11 is 0. The summed E-state index contributed by atoms with van der Waals surface area (Å²) in [6.07, 6.45) is 0.670. The average Bonchev–Trinajstić information content (AvgIpc) is 2.36. The van der Waals surface area contributed by atoms with Gasteiger partial charge in [-0.25, -0.2) is 0 Å². The van der Waals surface area contributed by atoms with E-state index in [-0.39, 0.29) is 18.2 Å². The lowest BCUT2D eigenvalue weighted by Gasteiger charge is -2.34. The van der Waals surface area contributed by atoms with Crippen LogP contribution in [0, 0.1) is 5.92 Å². The van der Waals surface area contributed by atoms with Crippen molar-refractivity contribution in [2.75, 3.05) is 39.3 Å². The predicted octanol–water partition coefficient (Wildman–Crippen LogP) is -0.410. The van der Waals surface area contributed by atoms with E-state index in [0.717, 1.165) is 13.1 Å². The first-order valence-corrected chi connectivity index (χ1v) is 6.45. The highest BCUT2D eigenvalue weighted by Gasteiger charge is 2.22. The minimum Gasteiger partial charge on any atom is -0.481 e. The number of hydrogen-bond acceptors (Lipinski definition) is 4. The maximum atomic E-state index is 11.9. The molecule has 1 atom stereocenters. The van der Waals surface area contributed by atoms with Gasteiger partial charge in [0.1, 0.15) is 0 Å². The van der Waals surface area contributed by atoms with Gasteiger partial charge in [0.25, 0.3) is 0 Å². The molecular formula is C12H23N3O3. The maximum absolute atomic E-state index is 11.9. The van der Waals surface area contributed by atoms with Gasteiger partial charge in [-0.3, -0.25) is 14.5 Å². The van der Waals surface area contributed by atoms with Gasteiger partial charge >= 0.3 is 5.97 Å². The molecule has 1 heterocycles. The van der Waals surface area contributed by atoms with E-state index in [9.17, 15) is 9.59 Å². The van der Waals surface area contributed by atoms with Gasteiger partial charge in [0.2, 0.25) is 5.91 Å². The molecule has 1 rings (SSSR count). The lowest BCUT2D eigenvalue weighted by Crippen LogP contribution is -2.49. The van der Waals surface area contributed by atoms with E-state index in [1.54, 1.807) is 0 Å². The van der Waals surface area contributed by atoms with Crippen LogP contribution in [0.1, 0.15) is 19.8 Å². The molecule has 6 heteroatoms. The van der Waals surface area contributed by atoms with Crippen molar-refractivity contribution in [1.29, 1.82) is 0 Å². The molecule has 0 aromatic carbocycles. The van der Waals surface area contributed by atoms with Crippen molar-refractivity contribution in [3.05, 3.63) is 0 Å². The van der Waals surface area contributed by atoms with E-state index < -0.39 is 5.97 Å². The topological polar surface area (TPSA) is 86.9 Å². The molecule has 1 fully saturated rings. The molecule has 0 aromatic rings. The first kappa shape index (κ1) is 14.9. The molecule has 6 nitrogen and oxygen atoms in total. The Morgan fingerprint density at radius 3 is 2.39 bits per heavy atom. The molecule has 1 aliphatic rings. The predicted molar refractivity (Wildman–Crippen MR) is 68.1 cm³/mol. The average molecular weight is 257 g/mol. The second-order valence-corrected chi connectivity index (χ2v) is 4.91. The number of aliphatic carboxylic acids is 1. The Balaban J connectivity index is 2.26. The van der Waals surface area contributed by atoms with Crippen LogP contribution in [0.3, 0.4) is 0 Å². The molecule has 0 aromatic heterocycles. The molecule has 1 saturated heterocycles. The lowest BCUT2D eigenvalue weighted by molar-refractivity contribution is -0.138. The highest BCUT2D eigenvalue weighted by molar-refractivity contribution is 5.76. The molecule has 1 unspecified atom stereocenters. The SMILES string of the molecule is CC(CN)CC(=O)N1CCN(CCC(=O)O)CC1. The van der Waals surface area contributed by atoms with Gasteiger partial charge in [-0.1, -0.05) is 6.92 Å². The molecular weight excluding hydrogens is 234 g/mol. The van der Waals surface area contributed by atoms with Gasteiger partial charge < -0.3 is 15.7 Å². The number of amides is 1. The molecule has 0 spiro atoms. The third kappa shape index (κ3) is 5.01. The summed E-state index contributed by atoms with van der Waals surface area (Å²) < 4.78 is 0. The van der Waals surface area contributed by atoms with E-state index in [2.05, 4.69) is 4.90 Å². The second-order valence-electron chi connectivity index (χ2n) is 4.91. The zero-order valence-corrected chi connectivity index (χ0v) is 11.0. The summed E-state index contributed by atoms with van der Waals surface area (Å²) in [4.78, 5) is 26.3. The number of carbonyl (C=O) groups excluding carboxylic acids is 1. The Kier molecular flexibility index (Phi) is 6.07. The maximum Gasteiger partial charge on any atom is 0.304 e. The molecule has 0 bridgehead atoms. The summed E-state index contributed by atoms with van der Waals surface area (Å²) in [5, 5.41) is 8.61. The number of carbonyl (C=O) groups is 2. The van der Waals surface area contributed by atoms with Gasteiger partial charge in [-0.2, -0.15) is 0 Å². The Labute approximate surface area is 108 Å². The fraction of sp³-hybridized carbons (Fsp3) is 0.833. The van der Waals surface area contributed by atoms with Gasteiger partial charge in [0.05, 0.1) is 6.42 Å². The van der Waals surface area contributed by atoms with Crippen LogP contribution in [0.25, 0.3) is 0 Å². The number of carboxylic acid groups (broad SMARTS) is 1. The van der Waals surface area contributed by atoms with E-state index in [1.807, 2.05) is 11.8 Å². The number of carboxylic acids is 1. The number of piperazine rings is 1. The fourth-order valence-corrected chi connectivity index (χ4v) is 1.99. The Bertz CT molecular complexity index is 288. The van der Waals surface area contributed by atoms with Crippen LogP contribution in [-0.4, -0.2) is 66.1 Å². The van der Waals surface area contributed by atoms with Crippen LogP contribution >= 0.6 is 0 Å². The van der Waals surface area contributed by atoms with E-state index >= 15 is 0 Å². The first-order valence-electron chi connectivity index (χ1n) is 6.45. The van der Waals surface area contributed by atoms with Crippen LogP contribution in [0.15, 0.2) is 0 Å². The van der Waals surface area contributed by atoms with Crippen LogP contribution in [0.5, 0.6) is 0 Å². The number of rotatable bonds is 6. The zero-order chi connectivity index (χ0) is 13.5. The minimum atomic E-state index is -0.773. The van der Waals surface area contributed by atoms with Crippen LogP contribution < -0.4 is 5.73 Å². The smallest absolute Gasteiger partial charge is 0.304 e. The van der Waals surface area contributed by atoms with Crippen molar-refractivity contribution in [2.45, 2.75) is 19.8 Å². The standard InChI is InChI=1S/C12H23N3O3/c1-10(9-13)8-11(16)15-6-4-14(5-7-15)3-2-12(17)18/h10H,2-9,13H2,1H3,(H,17,18). The monoisotopic (exact) mass is 257 g/mol. The van der Waals surface area contributed by atoms with Gasteiger partial charge in [0, 0.05) is 39.1 Å². The van der Waals surface area contributed by atoms with Crippen molar-refractivity contribution in [1.82, 2.24) is 9.80 Å². The van der Waals surface area contributed by atoms with E-state index in [4.69, 9.17) is 10.8 Å². The molecule has 1 amide bonds. The van der Waals surface area contributed by atoms with Crippen molar-refractivity contribution < 1.29 is 14.7 Å². The van der Waals surface area contributed by atoms with Crippen LogP contribution in [0.4, 0.5) is 0 Å². The van der Waals surface area contributed by atoms with Crippen molar-refractivity contribution >= 4 is 11.9 Å². The molecule has 0 aliphatic carbocycles. The van der Waals surface area contributed by atoms with Crippen molar-refractivity contribution in [3.8, 4) is 0 Å². The van der Waals surface area contributed by atoms with Crippen molar-refractivity contribution in [3.63, 3.8) is 0 Å². The molecule has 0 saturated carbocycles. The number of hydrogen-bond donors (Lipinski definition) is 2. The van der Waals surface area contributed by atoms with Gasteiger partial charge in [0.15, 0.2) is 0 Å². The van der Waals surface area contributed by atoms with Gasteiger partial charge in [-0.15, -0.1) is 0 Å². The summed E-state index contributed by atoms with van der Waals surface area (Å²) in [6, 6.07) is 0. The van der Waals surface area contributed by atoms with Crippen molar-refractivity contribution in [2.24, 2.45) is 11.7 Å². The quantitative estimate of drug-likeness (QED) is 0.675. The summed E-state index contributed by atoms with van der Waals surface area (Å²) in [5.74, 6) is -0.390. The molecule has 0 radical (unpaired) electrons. The second kappa shape index (κ2) is 7.33. The summed E-state index contributed by atoms with van der Waals surface area (Å²) in [7, 11) is 0. The molecule has 1 aliphatic heterocycles. The van der Waals surface area contributed by atoms with E-state index in [1.165, 1.54) is 0 Å². The Morgan fingerprint density at radius 1 is 1.28 bits per heavy atom. The molecule has 104 valence electrons. The third-order valence-electron chi connectivity index (χ3n) is 3.29. The fourth-order valence-electron chi connectivity index (χ4n) is 1.99. The van der Waals surface area contributed by atoms with Crippen LogP contribution in [0.2, 0.25) is 0 Å². The number of nitrogens with zero attached hydrogens (tertiary/aromatic N) is 2. The highest BCUT2D eigenvalue weighted by Crippen LogP contribution is 2.08. The molecule has 18 heavy (non-hydrogen) atoms. The third-order valence-corrected chi connectivity index (χ3v) is 3.29. The minimum absolute atomic E-state index is 0.158. The highest BCUT2D eigenvalue weighted by atomic mass is 16.4. The summed E-state index contributed by atoms with van der Waals surface area (Å²) in [6.45, 7) is 5.97. The Morgan fingerprint density at radius 2 is 1.89 bits per heavy atom. The normalized spacial score (nSPS) is 18.7. The zero-order valence-electron chi connectivity index (χ0n) is 11.0. The largest absolute Gasteiger partial charge is 0.481 e. The lowest BCUT2D eigenvalue weighted by atomic mass is 10.1. The molecule has 3 N–H and O–H groups in total. The summed E-state index contributed by atoms with van der Waals surface area (Å²) in [5.41, 5.74) is 5.51. The van der Waals surface area contributed by atoms with Crippen LogP contribution in [-0.2, 0) is 9.59 Å². The first-order chi connectivity index (χ1) is 8.52.